The number of imide groups is 1. The largest absolute Gasteiger partial charge is 0.325 e. The smallest absolute Gasteiger partial charge is 0.323 e. The summed E-state index contributed by atoms with van der Waals surface area (Å²) in [6.45, 7) is 0.376. The van der Waals surface area contributed by atoms with Crippen molar-refractivity contribution < 1.29 is 22.8 Å². The van der Waals surface area contributed by atoms with E-state index in [0.29, 0.717) is 25.9 Å². The van der Waals surface area contributed by atoms with Crippen LogP contribution in [0.15, 0.2) is 47.4 Å². The number of urea groups is 1. The lowest BCUT2D eigenvalue weighted by molar-refractivity contribution is -0.134. The van der Waals surface area contributed by atoms with Gasteiger partial charge < -0.3 is 10.6 Å². The Morgan fingerprint density at radius 2 is 1.83 bits per heavy atom. The highest BCUT2D eigenvalue weighted by Crippen LogP contribution is 2.41. The molecule has 2 aromatic carbocycles. The second-order valence-electron chi connectivity index (χ2n) is 9.04. The number of rotatable bonds is 5. The van der Waals surface area contributed by atoms with Gasteiger partial charge >= 0.3 is 6.03 Å². The van der Waals surface area contributed by atoms with E-state index in [9.17, 15) is 22.8 Å². The number of halogens is 1. The van der Waals surface area contributed by atoms with Crippen LogP contribution < -0.4 is 10.6 Å². The minimum Gasteiger partial charge on any atom is -0.323 e. The molecule has 0 bridgehead atoms. The summed E-state index contributed by atoms with van der Waals surface area (Å²) in [7, 11) is -3.73. The average Bonchev–Trinajstić information content (AvgIpc) is 3.34. The molecular formula is C24H25ClN4O5S. The zero-order valence-corrected chi connectivity index (χ0v) is 20.5. The van der Waals surface area contributed by atoms with Crippen molar-refractivity contribution in [2.75, 3.05) is 25.0 Å². The Bertz CT molecular complexity index is 1320. The van der Waals surface area contributed by atoms with Crippen LogP contribution in [-0.2, 0) is 31.6 Å². The molecule has 1 atom stereocenters. The number of hydrogen-bond donors (Lipinski definition) is 2. The van der Waals surface area contributed by atoms with Crippen LogP contribution in [0.25, 0.3) is 0 Å². The van der Waals surface area contributed by atoms with E-state index in [0.717, 1.165) is 35.3 Å². The van der Waals surface area contributed by atoms with Crippen LogP contribution in [0, 0.1) is 0 Å². The van der Waals surface area contributed by atoms with Crippen molar-refractivity contribution in [2.45, 2.75) is 42.5 Å². The maximum atomic E-state index is 13.3. The minimum absolute atomic E-state index is 0.0237. The molecule has 0 radical (unpaired) electrons. The Hall–Kier alpha value is -2.95. The third-order valence-electron chi connectivity index (χ3n) is 6.89. The van der Waals surface area contributed by atoms with Crippen molar-refractivity contribution >= 4 is 45.2 Å². The van der Waals surface area contributed by atoms with Crippen LogP contribution in [0.5, 0.6) is 0 Å². The molecule has 0 aromatic heterocycles. The van der Waals surface area contributed by atoms with Gasteiger partial charge in [-0.25, -0.2) is 13.2 Å². The lowest BCUT2D eigenvalue weighted by Crippen LogP contribution is -2.43. The van der Waals surface area contributed by atoms with E-state index < -0.39 is 40.0 Å². The van der Waals surface area contributed by atoms with Gasteiger partial charge in [-0.05, 0) is 55.0 Å². The number of carbonyl (C=O) groups excluding carboxylic acids is 3. The van der Waals surface area contributed by atoms with Crippen LogP contribution >= 0.6 is 11.6 Å². The van der Waals surface area contributed by atoms with Crippen LogP contribution in [-0.4, -0.2) is 55.1 Å². The summed E-state index contributed by atoms with van der Waals surface area (Å²) in [6.07, 6.45) is 3.67. The van der Waals surface area contributed by atoms with Gasteiger partial charge in [0.1, 0.15) is 12.1 Å². The van der Waals surface area contributed by atoms with E-state index in [-0.39, 0.29) is 15.6 Å². The van der Waals surface area contributed by atoms with Crippen molar-refractivity contribution in [1.29, 1.82) is 0 Å². The van der Waals surface area contributed by atoms with E-state index in [1.165, 1.54) is 22.5 Å². The Kier molecular flexibility index (Phi) is 6.06. The molecule has 2 N–H and O–H groups in total. The molecule has 4 amide bonds. The van der Waals surface area contributed by atoms with Gasteiger partial charge in [0, 0.05) is 13.1 Å². The van der Waals surface area contributed by atoms with E-state index in [4.69, 9.17) is 11.6 Å². The number of piperidine rings is 1. The number of aryl methyl sites for hydroxylation is 1. The van der Waals surface area contributed by atoms with Crippen molar-refractivity contribution in [1.82, 2.24) is 14.5 Å². The molecule has 9 nitrogen and oxygen atoms in total. The van der Waals surface area contributed by atoms with Crippen LogP contribution in [0.3, 0.4) is 0 Å². The van der Waals surface area contributed by atoms with Crippen molar-refractivity contribution in [3.05, 3.63) is 58.6 Å². The van der Waals surface area contributed by atoms with Gasteiger partial charge in [0.25, 0.3) is 5.91 Å². The predicted molar refractivity (Wildman–Crippen MR) is 129 cm³/mol. The highest BCUT2D eigenvalue weighted by molar-refractivity contribution is 7.89. The van der Waals surface area contributed by atoms with Crippen LogP contribution in [0.2, 0.25) is 5.02 Å². The highest BCUT2D eigenvalue weighted by atomic mass is 35.5. The molecule has 2 aliphatic heterocycles. The molecule has 2 aromatic rings. The standard InChI is InChI=1S/C24H25ClN4O5S/c25-19-9-8-17(35(33,34)28-12-4-1-5-13-28)14-20(19)26-21(30)15-29-22(31)24(27-23(29)32)11-10-16-6-2-3-7-18(16)24/h2-3,6-9,14H,1,4-5,10-13,15H2,(H,26,30)(H,27,32). The second-order valence-corrected chi connectivity index (χ2v) is 11.4. The molecule has 3 aliphatic rings. The quantitative estimate of drug-likeness (QED) is 0.593. The molecule has 11 heteroatoms. The monoisotopic (exact) mass is 516 g/mol. The summed E-state index contributed by atoms with van der Waals surface area (Å²) in [4.78, 5) is 39.7. The van der Waals surface area contributed by atoms with Crippen molar-refractivity contribution in [3.8, 4) is 0 Å². The Morgan fingerprint density at radius 1 is 1.09 bits per heavy atom. The van der Waals surface area contributed by atoms with Gasteiger partial charge in [0.05, 0.1) is 15.6 Å². The van der Waals surface area contributed by atoms with Crippen LogP contribution in [0.4, 0.5) is 10.5 Å². The molecule has 1 spiro atoms. The number of amides is 4. The van der Waals surface area contributed by atoms with E-state index >= 15 is 0 Å². The number of sulfonamides is 1. The molecule has 2 heterocycles. The molecule has 184 valence electrons. The SMILES string of the molecule is O=C(CN1C(=O)NC2(CCc3ccccc32)C1=O)Nc1cc(S(=O)(=O)N2CCCCC2)ccc1Cl. The van der Waals surface area contributed by atoms with E-state index in [1.807, 2.05) is 24.3 Å². The third kappa shape index (κ3) is 4.09. The summed E-state index contributed by atoms with van der Waals surface area (Å²) >= 11 is 6.22. The first-order chi connectivity index (χ1) is 16.7. The normalized spacial score (nSPS) is 22.4. The number of nitrogens with zero attached hydrogens (tertiary/aromatic N) is 2. The van der Waals surface area contributed by atoms with Gasteiger partial charge in [-0.15, -0.1) is 0 Å². The first kappa shape index (κ1) is 23.8. The zero-order chi connectivity index (χ0) is 24.8. The van der Waals surface area contributed by atoms with Gasteiger partial charge in [-0.3, -0.25) is 14.5 Å². The van der Waals surface area contributed by atoms with E-state index in [2.05, 4.69) is 10.6 Å². The molecule has 0 saturated carbocycles. The molecule has 2 saturated heterocycles. The summed E-state index contributed by atoms with van der Waals surface area (Å²) < 4.78 is 27.4. The molecule has 5 rings (SSSR count). The summed E-state index contributed by atoms with van der Waals surface area (Å²) in [5, 5.41) is 5.49. The second kappa shape index (κ2) is 8.92. The summed E-state index contributed by atoms with van der Waals surface area (Å²) in [5.41, 5.74) is 0.683. The number of benzene rings is 2. The van der Waals surface area contributed by atoms with Crippen molar-refractivity contribution in [3.63, 3.8) is 0 Å². The number of carbonyl (C=O) groups is 3. The fourth-order valence-corrected chi connectivity index (χ4v) is 6.79. The third-order valence-corrected chi connectivity index (χ3v) is 9.11. The fraction of sp³-hybridized carbons (Fsp3) is 0.375. The Balaban J connectivity index is 1.32. The maximum absolute atomic E-state index is 13.3. The average molecular weight is 517 g/mol. The van der Waals surface area contributed by atoms with Gasteiger partial charge in [0.15, 0.2) is 0 Å². The number of nitrogens with one attached hydrogen (secondary N) is 2. The molecule has 1 aliphatic carbocycles. The number of anilines is 1. The minimum atomic E-state index is -3.73. The zero-order valence-electron chi connectivity index (χ0n) is 18.9. The number of hydrogen-bond acceptors (Lipinski definition) is 5. The topological polar surface area (TPSA) is 116 Å². The molecule has 35 heavy (non-hydrogen) atoms. The van der Waals surface area contributed by atoms with E-state index in [1.54, 1.807) is 0 Å². The molecule has 1 unspecified atom stereocenters. The van der Waals surface area contributed by atoms with Gasteiger partial charge in [-0.2, -0.15) is 4.31 Å². The predicted octanol–water partition coefficient (Wildman–Crippen LogP) is 2.85. The lowest BCUT2D eigenvalue weighted by atomic mass is 9.92. The molecular weight excluding hydrogens is 492 g/mol. The first-order valence-corrected chi connectivity index (χ1v) is 13.4. The van der Waals surface area contributed by atoms with Crippen molar-refractivity contribution in [2.24, 2.45) is 0 Å². The summed E-state index contributed by atoms with van der Waals surface area (Å²) in [5.74, 6) is -1.14. The van der Waals surface area contributed by atoms with Gasteiger partial charge in [-0.1, -0.05) is 42.3 Å². The number of fused-ring (bicyclic) bond motifs is 2. The Morgan fingerprint density at radius 3 is 2.60 bits per heavy atom. The summed E-state index contributed by atoms with van der Waals surface area (Å²) in [6, 6.07) is 10.9. The maximum Gasteiger partial charge on any atom is 0.325 e. The first-order valence-electron chi connectivity index (χ1n) is 11.5. The lowest BCUT2D eigenvalue weighted by Gasteiger charge is -2.26. The van der Waals surface area contributed by atoms with Crippen LogP contribution in [0.1, 0.15) is 36.8 Å². The Labute approximate surface area is 208 Å². The molecule has 2 fully saturated rings. The highest BCUT2D eigenvalue weighted by Gasteiger charge is 2.55. The fourth-order valence-electron chi connectivity index (χ4n) is 5.08. The van der Waals surface area contributed by atoms with Gasteiger partial charge in [0.2, 0.25) is 15.9 Å².